The summed E-state index contributed by atoms with van der Waals surface area (Å²) in [6, 6.07) is 8.49. The predicted molar refractivity (Wildman–Crippen MR) is 72.3 cm³/mol. The molecular formula is C14H24N2O. The Morgan fingerprint density at radius 1 is 1.29 bits per heavy atom. The minimum atomic E-state index is -0.174. The quantitative estimate of drug-likeness (QED) is 0.797. The Hall–Kier alpha value is -1.06. The van der Waals surface area contributed by atoms with E-state index in [1.165, 1.54) is 5.56 Å². The highest BCUT2D eigenvalue weighted by atomic mass is 16.5. The molecule has 0 aliphatic rings. The van der Waals surface area contributed by atoms with Gasteiger partial charge in [-0.2, -0.15) is 0 Å². The van der Waals surface area contributed by atoms with Crippen LogP contribution < -0.4 is 15.8 Å². The van der Waals surface area contributed by atoms with E-state index < -0.39 is 0 Å². The maximum atomic E-state index is 6.06. The first-order valence-electron chi connectivity index (χ1n) is 6.15. The summed E-state index contributed by atoms with van der Waals surface area (Å²) in [5, 5.41) is 3.31. The average molecular weight is 236 g/mol. The van der Waals surface area contributed by atoms with Gasteiger partial charge in [0.2, 0.25) is 0 Å². The van der Waals surface area contributed by atoms with Gasteiger partial charge in [-0.25, -0.2) is 0 Å². The van der Waals surface area contributed by atoms with Gasteiger partial charge in [0.15, 0.2) is 0 Å². The van der Waals surface area contributed by atoms with E-state index in [1.54, 1.807) is 0 Å². The molecule has 0 bridgehead atoms. The lowest BCUT2D eigenvalue weighted by atomic mass is 9.92. The van der Waals surface area contributed by atoms with Gasteiger partial charge >= 0.3 is 0 Å². The Kier molecular flexibility index (Phi) is 4.97. The van der Waals surface area contributed by atoms with Crippen molar-refractivity contribution < 1.29 is 4.74 Å². The number of rotatable bonds is 6. The van der Waals surface area contributed by atoms with Crippen LogP contribution in [0.25, 0.3) is 0 Å². The number of benzene rings is 1. The highest BCUT2D eigenvalue weighted by Gasteiger charge is 2.19. The zero-order valence-corrected chi connectivity index (χ0v) is 11.3. The molecule has 3 N–H and O–H groups in total. The molecule has 96 valence electrons. The summed E-state index contributed by atoms with van der Waals surface area (Å²) >= 11 is 0. The van der Waals surface area contributed by atoms with Gasteiger partial charge in [0.1, 0.15) is 5.75 Å². The molecule has 0 fully saturated rings. The monoisotopic (exact) mass is 236 g/mol. The van der Waals surface area contributed by atoms with E-state index >= 15 is 0 Å². The Balaban J connectivity index is 2.75. The molecule has 3 heteroatoms. The Morgan fingerprint density at radius 3 is 2.29 bits per heavy atom. The van der Waals surface area contributed by atoms with Gasteiger partial charge in [-0.1, -0.05) is 12.1 Å². The Labute approximate surface area is 104 Å². The van der Waals surface area contributed by atoms with Crippen LogP contribution in [0.15, 0.2) is 24.3 Å². The van der Waals surface area contributed by atoms with Crippen LogP contribution in [0.5, 0.6) is 5.75 Å². The van der Waals surface area contributed by atoms with Gasteiger partial charge < -0.3 is 15.8 Å². The lowest BCUT2D eigenvalue weighted by molar-refractivity contribution is 0.339. The van der Waals surface area contributed by atoms with Gasteiger partial charge in [0, 0.05) is 11.6 Å². The third-order valence-corrected chi connectivity index (χ3v) is 2.67. The molecule has 0 aromatic heterocycles. The van der Waals surface area contributed by atoms with Crippen LogP contribution >= 0.6 is 0 Å². The van der Waals surface area contributed by atoms with Crippen LogP contribution in [-0.4, -0.2) is 19.2 Å². The SMILES string of the molecule is CCOc1ccc(C(CC(C)(C)N)NC)cc1. The average Bonchev–Trinajstić information content (AvgIpc) is 2.26. The molecule has 0 spiro atoms. The minimum absolute atomic E-state index is 0.174. The van der Waals surface area contributed by atoms with Gasteiger partial charge in [-0.3, -0.25) is 0 Å². The summed E-state index contributed by atoms with van der Waals surface area (Å²) in [5.74, 6) is 0.915. The van der Waals surface area contributed by atoms with Crippen molar-refractivity contribution in [3.8, 4) is 5.75 Å². The maximum Gasteiger partial charge on any atom is 0.119 e. The second-order valence-electron chi connectivity index (χ2n) is 5.04. The summed E-state index contributed by atoms with van der Waals surface area (Å²) in [6.45, 7) is 6.78. The zero-order chi connectivity index (χ0) is 12.9. The van der Waals surface area contributed by atoms with E-state index in [1.807, 2.05) is 40.0 Å². The molecule has 0 saturated heterocycles. The molecule has 1 rings (SSSR count). The third kappa shape index (κ3) is 4.75. The fourth-order valence-electron chi connectivity index (χ4n) is 1.88. The standard InChI is InChI=1S/C14H24N2O/c1-5-17-12-8-6-11(7-9-12)13(16-4)10-14(2,3)15/h6-9,13,16H,5,10,15H2,1-4H3. The first kappa shape index (κ1) is 14.0. The fourth-order valence-corrected chi connectivity index (χ4v) is 1.88. The van der Waals surface area contributed by atoms with Crippen LogP contribution in [0.1, 0.15) is 38.8 Å². The minimum Gasteiger partial charge on any atom is -0.494 e. The number of nitrogens with two attached hydrogens (primary N) is 1. The third-order valence-electron chi connectivity index (χ3n) is 2.67. The molecule has 0 heterocycles. The van der Waals surface area contributed by atoms with Crippen molar-refractivity contribution in [2.75, 3.05) is 13.7 Å². The van der Waals surface area contributed by atoms with Crippen molar-refractivity contribution in [3.05, 3.63) is 29.8 Å². The van der Waals surface area contributed by atoms with Crippen LogP contribution in [-0.2, 0) is 0 Å². The Bertz CT molecular complexity index is 327. The summed E-state index contributed by atoms with van der Waals surface area (Å²) in [5.41, 5.74) is 7.13. The first-order valence-corrected chi connectivity index (χ1v) is 6.15. The molecule has 1 aromatic carbocycles. The van der Waals surface area contributed by atoms with Crippen molar-refractivity contribution in [1.29, 1.82) is 0 Å². The van der Waals surface area contributed by atoms with E-state index in [0.717, 1.165) is 12.2 Å². The summed E-state index contributed by atoms with van der Waals surface area (Å²) < 4.78 is 5.43. The smallest absolute Gasteiger partial charge is 0.119 e. The lowest BCUT2D eigenvalue weighted by Crippen LogP contribution is -2.36. The predicted octanol–water partition coefficient (Wildman–Crippen LogP) is 2.47. The van der Waals surface area contributed by atoms with E-state index in [2.05, 4.69) is 17.4 Å². The summed E-state index contributed by atoms with van der Waals surface area (Å²) in [7, 11) is 1.97. The molecule has 0 aliphatic heterocycles. The molecule has 0 amide bonds. The molecular weight excluding hydrogens is 212 g/mol. The molecule has 0 aliphatic carbocycles. The largest absolute Gasteiger partial charge is 0.494 e. The van der Waals surface area contributed by atoms with Crippen molar-refractivity contribution in [2.24, 2.45) is 5.73 Å². The van der Waals surface area contributed by atoms with E-state index in [0.29, 0.717) is 6.61 Å². The topological polar surface area (TPSA) is 47.3 Å². The van der Waals surface area contributed by atoms with Crippen LogP contribution in [0.4, 0.5) is 0 Å². The molecule has 1 atom stereocenters. The van der Waals surface area contributed by atoms with Crippen molar-refractivity contribution in [2.45, 2.75) is 38.8 Å². The second-order valence-corrected chi connectivity index (χ2v) is 5.04. The lowest BCUT2D eigenvalue weighted by Gasteiger charge is -2.26. The normalized spacial score (nSPS) is 13.5. The molecule has 1 aromatic rings. The molecule has 1 unspecified atom stereocenters. The van der Waals surface area contributed by atoms with E-state index in [-0.39, 0.29) is 11.6 Å². The molecule has 0 radical (unpaired) electrons. The number of hydrogen-bond donors (Lipinski definition) is 2. The van der Waals surface area contributed by atoms with Gasteiger partial charge in [0.25, 0.3) is 0 Å². The summed E-state index contributed by atoms with van der Waals surface area (Å²) in [4.78, 5) is 0. The van der Waals surface area contributed by atoms with Crippen LogP contribution in [0.2, 0.25) is 0 Å². The van der Waals surface area contributed by atoms with Crippen molar-refractivity contribution >= 4 is 0 Å². The molecule has 3 nitrogen and oxygen atoms in total. The zero-order valence-electron chi connectivity index (χ0n) is 11.3. The van der Waals surface area contributed by atoms with Gasteiger partial charge in [-0.05, 0) is 51.9 Å². The molecule has 0 saturated carbocycles. The van der Waals surface area contributed by atoms with Crippen LogP contribution in [0.3, 0.4) is 0 Å². The highest BCUT2D eigenvalue weighted by molar-refractivity contribution is 5.29. The summed E-state index contributed by atoms with van der Waals surface area (Å²) in [6.07, 6.45) is 0.900. The highest BCUT2D eigenvalue weighted by Crippen LogP contribution is 2.24. The number of ether oxygens (including phenoxy) is 1. The molecule has 17 heavy (non-hydrogen) atoms. The van der Waals surface area contributed by atoms with Gasteiger partial charge in [-0.15, -0.1) is 0 Å². The maximum absolute atomic E-state index is 6.06. The number of hydrogen-bond acceptors (Lipinski definition) is 3. The number of nitrogens with one attached hydrogen (secondary N) is 1. The second kappa shape index (κ2) is 6.03. The van der Waals surface area contributed by atoms with Crippen molar-refractivity contribution in [3.63, 3.8) is 0 Å². The van der Waals surface area contributed by atoms with Crippen molar-refractivity contribution in [1.82, 2.24) is 5.32 Å². The first-order chi connectivity index (χ1) is 7.96. The van der Waals surface area contributed by atoms with E-state index in [4.69, 9.17) is 10.5 Å². The fraction of sp³-hybridized carbons (Fsp3) is 0.571. The van der Waals surface area contributed by atoms with Crippen LogP contribution in [0, 0.1) is 0 Å². The van der Waals surface area contributed by atoms with E-state index in [9.17, 15) is 0 Å². The van der Waals surface area contributed by atoms with Gasteiger partial charge in [0.05, 0.1) is 6.61 Å². The Morgan fingerprint density at radius 2 is 1.88 bits per heavy atom.